The maximum absolute atomic E-state index is 12.7. The normalized spacial score (nSPS) is 35.0. The Hall–Kier alpha value is -2.21. The van der Waals surface area contributed by atoms with Crippen LogP contribution in [0.5, 0.6) is 0 Å². The molecule has 11 nitrogen and oxygen atoms in total. The fourth-order valence-electron chi connectivity index (χ4n) is 12.5. The molecule has 61 heavy (non-hydrogen) atoms. The van der Waals surface area contributed by atoms with Crippen LogP contribution >= 0.6 is 0 Å². The highest BCUT2D eigenvalue weighted by atomic mass is 16.7. The lowest BCUT2D eigenvalue weighted by atomic mass is 9.47. The van der Waals surface area contributed by atoms with Gasteiger partial charge in [0.25, 0.3) is 0 Å². The van der Waals surface area contributed by atoms with Crippen LogP contribution in [-0.2, 0) is 38.0 Å². The Kier molecular flexibility index (Phi) is 19.3. The maximum atomic E-state index is 12.7. The van der Waals surface area contributed by atoms with Crippen LogP contribution in [0.1, 0.15) is 152 Å². The van der Waals surface area contributed by atoms with Crippen molar-refractivity contribution >= 4 is 18.0 Å². The van der Waals surface area contributed by atoms with Gasteiger partial charge in [-0.05, 0) is 116 Å². The molecule has 1 aliphatic heterocycles. The Bertz CT molecular complexity index is 1420. The number of nitrogens with one attached hydrogen (secondary N) is 2. The molecular formula is C50H86N2O9. The third-order valence-electron chi connectivity index (χ3n) is 16.5. The van der Waals surface area contributed by atoms with Crippen molar-refractivity contribution in [1.82, 2.24) is 10.6 Å². The van der Waals surface area contributed by atoms with Crippen LogP contribution in [0.15, 0.2) is 11.6 Å². The second kappa shape index (κ2) is 23.6. The van der Waals surface area contributed by atoms with Crippen LogP contribution in [0.2, 0.25) is 0 Å². The van der Waals surface area contributed by atoms with Gasteiger partial charge in [0.15, 0.2) is 6.29 Å². The fourth-order valence-corrected chi connectivity index (χ4v) is 12.5. The quantitative estimate of drug-likeness (QED) is 0.0586. The Labute approximate surface area is 369 Å². The molecule has 0 aromatic carbocycles. The molecular weight excluding hydrogens is 773 g/mol. The van der Waals surface area contributed by atoms with E-state index in [1.807, 2.05) is 0 Å². The van der Waals surface area contributed by atoms with Crippen LogP contribution in [0, 0.1) is 64.1 Å². The molecule has 4 fully saturated rings. The number of hydrogen-bond donors (Lipinski definition) is 2. The molecule has 0 radical (unpaired) electrons. The summed E-state index contributed by atoms with van der Waals surface area (Å²) in [5, 5.41) is 5.82. The van der Waals surface area contributed by atoms with Crippen molar-refractivity contribution in [1.29, 1.82) is 0 Å². The predicted molar refractivity (Wildman–Crippen MR) is 239 cm³/mol. The first-order valence-electron chi connectivity index (χ1n) is 24.6. The summed E-state index contributed by atoms with van der Waals surface area (Å²) < 4.78 is 34.6. The summed E-state index contributed by atoms with van der Waals surface area (Å²) in [7, 11) is 0. The number of amides is 2. The van der Waals surface area contributed by atoms with Crippen molar-refractivity contribution in [2.75, 3.05) is 52.7 Å². The average Bonchev–Trinajstić information content (AvgIpc) is 3.58. The number of carbonyl (C=O) groups is 3. The highest BCUT2D eigenvalue weighted by molar-refractivity contribution is 5.75. The van der Waals surface area contributed by atoms with Gasteiger partial charge in [0.05, 0.1) is 32.5 Å². The number of ether oxygens (including phenoxy) is 6. The van der Waals surface area contributed by atoms with Crippen molar-refractivity contribution in [3.63, 3.8) is 0 Å². The third-order valence-corrected chi connectivity index (χ3v) is 16.5. The molecule has 0 bridgehead atoms. The predicted octanol–water partition coefficient (Wildman–Crippen LogP) is 9.66. The summed E-state index contributed by atoms with van der Waals surface area (Å²) in [5.74, 6) is 5.40. The Balaban J connectivity index is 0.868. The van der Waals surface area contributed by atoms with E-state index in [1.165, 1.54) is 58.3 Å². The molecule has 5 rings (SSSR count). The minimum atomic E-state index is -0.386. The number of carbonyl (C=O) groups excluding carboxylic acids is 3. The van der Waals surface area contributed by atoms with Gasteiger partial charge in [-0.1, -0.05) is 86.3 Å². The molecule has 9 unspecified atom stereocenters. The van der Waals surface area contributed by atoms with Crippen LogP contribution in [0.4, 0.5) is 4.79 Å². The molecule has 13 atom stereocenters. The van der Waals surface area contributed by atoms with Gasteiger partial charge in [0.1, 0.15) is 12.7 Å². The topological polar surface area (TPSA) is 131 Å². The first-order chi connectivity index (χ1) is 29.1. The number of rotatable bonds is 23. The van der Waals surface area contributed by atoms with E-state index < -0.39 is 0 Å². The summed E-state index contributed by atoms with van der Waals surface area (Å²) in [6.07, 6.45) is 17.1. The Morgan fingerprint density at radius 3 is 2.34 bits per heavy atom. The third kappa shape index (κ3) is 13.4. The lowest BCUT2D eigenvalue weighted by Gasteiger charge is -2.58. The van der Waals surface area contributed by atoms with Crippen molar-refractivity contribution < 1.29 is 42.8 Å². The summed E-state index contributed by atoms with van der Waals surface area (Å²) in [6, 6.07) is 0. The second-order valence-corrected chi connectivity index (χ2v) is 20.8. The first-order valence-corrected chi connectivity index (χ1v) is 24.6. The molecule has 4 aliphatic carbocycles. The van der Waals surface area contributed by atoms with Crippen molar-refractivity contribution in [2.24, 2.45) is 64.1 Å². The van der Waals surface area contributed by atoms with Crippen LogP contribution in [-0.4, -0.2) is 89.2 Å². The molecule has 11 heteroatoms. The van der Waals surface area contributed by atoms with Crippen LogP contribution in [0.3, 0.4) is 0 Å². The lowest BCUT2D eigenvalue weighted by molar-refractivity contribution is -0.255. The minimum Gasteiger partial charge on any atom is -0.463 e. The highest BCUT2D eigenvalue weighted by Crippen LogP contribution is 2.67. The van der Waals surface area contributed by atoms with Crippen molar-refractivity contribution in [2.45, 2.75) is 171 Å². The number of allylic oxidation sites excluding steroid dienone is 1. The fraction of sp³-hybridized carbons (Fsp3) is 0.900. The first kappa shape index (κ1) is 49.8. The van der Waals surface area contributed by atoms with Crippen LogP contribution < -0.4 is 10.6 Å². The van der Waals surface area contributed by atoms with E-state index in [0.29, 0.717) is 76.7 Å². The number of fused-ring (bicyclic) bond motifs is 5. The van der Waals surface area contributed by atoms with E-state index in [2.05, 4.69) is 72.1 Å². The van der Waals surface area contributed by atoms with E-state index >= 15 is 0 Å². The van der Waals surface area contributed by atoms with Gasteiger partial charge in [0.2, 0.25) is 5.91 Å². The van der Waals surface area contributed by atoms with Gasteiger partial charge >= 0.3 is 12.1 Å². The number of hydrogen-bond acceptors (Lipinski definition) is 9. The van der Waals surface area contributed by atoms with E-state index in [-0.39, 0.29) is 60.3 Å². The molecule has 5 aliphatic rings. The van der Waals surface area contributed by atoms with Gasteiger partial charge in [0, 0.05) is 45.4 Å². The van der Waals surface area contributed by atoms with Crippen molar-refractivity contribution in [3.05, 3.63) is 11.6 Å². The largest absolute Gasteiger partial charge is 0.463 e. The van der Waals surface area contributed by atoms with Gasteiger partial charge < -0.3 is 39.1 Å². The smallest absolute Gasteiger partial charge is 0.407 e. The molecule has 1 saturated heterocycles. The van der Waals surface area contributed by atoms with Crippen LogP contribution in [0.25, 0.3) is 0 Å². The molecule has 0 aromatic heterocycles. The molecule has 3 saturated carbocycles. The molecule has 0 aromatic rings. The van der Waals surface area contributed by atoms with Gasteiger partial charge in [-0.25, -0.2) is 4.79 Å². The number of esters is 1. The Morgan fingerprint density at radius 2 is 1.59 bits per heavy atom. The second-order valence-electron chi connectivity index (χ2n) is 20.8. The molecule has 1 heterocycles. The highest BCUT2D eigenvalue weighted by Gasteiger charge is 2.59. The van der Waals surface area contributed by atoms with Gasteiger partial charge in [-0.2, -0.15) is 0 Å². The van der Waals surface area contributed by atoms with Gasteiger partial charge in [-0.15, -0.1) is 0 Å². The summed E-state index contributed by atoms with van der Waals surface area (Å²) in [6.45, 7) is 23.7. The summed E-state index contributed by atoms with van der Waals surface area (Å²) in [4.78, 5) is 36.3. The zero-order chi connectivity index (χ0) is 44.2. The van der Waals surface area contributed by atoms with Gasteiger partial charge in [-0.3, -0.25) is 9.59 Å². The minimum absolute atomic E-state index is 0.0157. The summed E-state index contributed by atoms with van der Waals surface area (Å²) in [5.41, 5.74) is 2.29. The molecule has 2 N–H and O–H groups in total. The van der Waals surface area contributed by atoms with E-state index in [1.54, 1.807) is 5.57 Å². The zero-order valence-electron chi connectivity index (χ0n) is 39.7. The lowest BCUT2D eigenvalue weighted by Crippen LogP contribution is -2.51. The molecule has 0 spiro atoms. The monoisotopic (exact) mass is 859 g/mol. The Morgan fingerprint density at radius 1 is 0.820 bits per heavy atom. The average molecular weight is 859 g/mol. The maximum Gasteiger partial charge on any atom is 0.407 e. The number of alkyl carbamates (subject to hydrolysis) is 1. The van der Waals surface area contributed by atoms with E-state index in [0.717, 1.165) is 54.8 Å². The molecule has 350 valence electrons. The van der Waals surface area contributed by atoms with E-state index in [4.69, 9.17) is 28.4 Å². The van der Waals surface area contributed by atoms with Crippen molar-refractivity contribution in [3.8, 4) is 0 Å². The molecule has 2 amide bonds. The zero-order valence-corrected chi connectivity index (χ0v) is 39.7. The van der Waals surface area contributed by atoms with E-state index in [9.17, 15) is 14.4 Å². The standard InChI is InChI=1S/C50H86N2O9/c1-33(2)13-10-14-34(3)42-18-19-43-41-17-16-39-31-40(20-22-49(39,8)44(41)21-23-50(42,43)9)60-48(55)52-25-28-57-30-29-56-26-12-24-51-46(54)15-11-27-58-47-37(6)35(4)36(5)45(61-47)32-59-38(7)53/h16,33-37,40-45,47H,10-15,17-32H2,1-9H3,(H,51,54)(H,52,55)/t34-,35?,36?,37?,40?,41?,42-,43?,44?,45?,47?,49+,50-/m0/s1. The summed E-state index contributed by atoms with van der Waals surface area (Å²) >= 11 is 0. The SMILES string of the molecule is CC(=O)OCC1OC(OCCCC(=O)NCCCOCCOCCNC(=O)OC2CC[C@]3(C)C(=CCC4C3CC[C@]3(C)C4CC[C@H]3[C@@H](C)CCCC(C)C)C2)C(C)C(C)C1C.